The van der Waals surface area contributed by atoms with E-state index in [0.29, 0.717) is 18.0 Å². The molecule has 3 nitrogen and oxygen atoms in total. The first-order valence-corrected chi connectivity index (χ1v) is 7.25. The number of carboxylic acids is 1. The summed E-state index contributed by atoms with van der Waals surface area (Å²) in [4.78, 5) is 11.1. The first-order valence-electron chi connectivity index (χ1n) is 7.25. The third-order valence-electron chi connectivity index (χ3n) is 3.69. The summed E-state index contributed by atoms with van der Waals surface area (Å²) in [7, 11) is 0. The Morgan fingerprint density at radius 3 is 2.48 bits per heavy atom. The van der Waals surface area contributed by atoms with Crippen LogP contribution in [-0.4, -0.2) is 17.6 Å². The second-order valence-corrected chi connectivity index (χ2v) is 5.24. The lowest BCUT2D eigenvalue weighted by atomic mass is 9.98. The first kappa shape index (κ1) is 15.3. The van der Waals surface area contributed by atoms with Crippen LogP contribution in [-0.2, 0) is 6.54 Å². The van der Waals surface area contributed by atoms with E-state index >= 15 is 0 Å². The molecular weight excluding hydrogens is 262 g/mol. The van der Waals surface area contributed by atoms with Crippen molar-refractivity contribution in [2.24, 2.45) is 0 Å². The molecule has 110 valence electrons. The Kier molecular flexibility index (Phi) is 5.52. The average Bonchev–Trinajstić information content (AvgIpc) is 2.52. The van der Waals surface area contributed by atoms with Gasteiger partial charge in [-0.25, -0.2) is 4.79 Å². The van der Waals surface area contributed by atoms with E-state index in [0.717, 1.165) is 18.5 Å². The third-order valence-corrected chi connectivity index (χ3v) is 3.69. The lowest BCUT2D eigenvalue weighted by Crippen LogP contribution is -2.18. The zero-order valence-electron chi connectivity index (χ0n) is 12.3. The zero-order valence-corrected chi connectivity index (χ0v) is 12.3. The third kappa shape index (κ3) is 4.43. The number of aromatic carboxylic acids is 1. The maximum atomic E-state index is 11.1. The Morgan fingerprint density at radius 1 is 1.10 bits per heavy atom. The van der Waals surface area contributed by atoms with Crippen molar-refractivity contribution in [3.8, 4) is 0 Å². The van der Waals surface area contributed by atoms with E-state index in [9.17, 15) is 4.79 Å². The number of hydrogen-bond donors (Lipinski definition) is 2. The molecule has 0 bridgehead atoms. The molecule has 1 atom stereocenters. The van der Waals surface area contributed by atoms with Crippen LogP contribution < -0.4 is 5.32 Å². The molecule has 0 heterocycles. The molecule has 0 saturated carbocycles. The van der Waals surface area contributed by atoms with Crippen LogP contribution in [0, 0.1) is 0 Å². The van der Waals surface area contributed by atoms with Crippen molar-refractivity contribution < 1.29 is 9.90 Å². The van der Waals surface area contributed by atoms with E-state index in [1.807, 2.05) is 18.2 Å². The highest BCUT2D eigenvalue weighted by Crippen LogP contribution is 2.17. The van der Waals surface area contributed by atoms with Gasteiger partial charge >= 0.3 is 5.97 Å². The second kappa shape index (κ2) is 7.60. The normalized spacial score (nSPS) is 12.0. The van der Waals surface area contributed by atoms with E-state index < -0.39 is 5.97 Å². The summed E-state index contributed by atoms with van der Waals surface area (Å²) in [5.74, 6) is -0.376. The minimum absolute atomic E-state index is 0.376. The fourth-order valence-electron chi connectivity index (χ4n) is 2.37. The minimum atomic E-state index is -0.870. The van der Waals surface area contributed by atoms with E-state index in [2.05, 4.69) is 36.5 Å². The highest BCUT2D eigenvalue weighted by Gasteiger charge is 2.09. The Balaban J connectivity index is 1.81. The molecule has 0 aliphatic rings. The van der Waals surface area contributed by atoms with Gasteiger partial charge in [-0.1, -0.05) is 55.5 Å². The average molecular weight is 283 g/mol. The van der Waals surface area contributed by atoms with Gasteiger partial charge in [-0.05, 0) is 36.1 Å². The number of hydrogen-bond acceptors (Lipinski definition) is 2. The molecule has 0 aliphatic heterocycles. The van der Waals surface area contributed by atoms with Crippen molar-refractivity contribution in [1.82, 2.24) is 5.32 Å². The molecule has 0 amide bonds. The van der Waals surface area contributed by atoms with Crippen molar-refractivity contribution >= 4 is 5.97 Å². The van der Waals surface area contributed by atoms with Crippen molar-refractivity contribution in [3.63, 3.8) is 0 Å². The topological polar surface area (TPSA) is 49.3 Å². The van der Waals surface area contributed by atoms with Crippen LogP contribution in [0.4, 0.5) is 0 Å². The summed E-state index contributed by atoms with van der Waals surface area (Å²) >= 11 is 0. The van der Waals surface area contributed by atoms with Gasteiger partial charge in [-0.2, -0.15) is 0 Å². The number of benzene rings is 2. The second-order valence-electron chi connectivity index (χ2n) is 5.24. The van der Waals surface area contributed by atoms with Gasteiger partial charge in [-0.3, -0.25) is 0 Å². The summed E-state index contributed by atoms with van der Waals surface area (Å²) in [5, 5.41) is 12.5. The van der Waals surface area contributed by atoms with Crippen LogP contribution in [0.15, 0.2) is 54.6 Å². The highest BCUT2D eigenvalue weighted by molar-refractivity contribution is 5.89. The molecule has 0 radical (unpaired) electrons. The zero-order chi connectivity index (χ0) is 15.1. The number of carboxylic acid groups (broad SMARTS) is 1. The molecule has 2 aromatic carbocycles. The summed E-state index contributed by atoms with van der Waals surface area (Å²) in [6.07, 6.45) is 1.03. The van der Waals surface area contributed by atoms with Gasteiger partial charge in [-0.15, -0.1) is 0 Å². The van der Waals surface area contributed by atoms with E-state index in [4.69, 9.17) is 5.11 Å². The molecular formula is C18H21NO2. The van der Waals surface area contributed by atoms with Crippen LogP contribution in [0.25, 0.3) is 0 Å². The fourth-order valence-corrected chi connectivity index (χ4v) is 2.37. The lowest BCUT2D eigenvalue weighted by Gasteiger charge is -2.13. The van der Waals surface area contributed by atoms with Crippen LogP contribution in [0.1, 0.15) is 40.7 Å². The summed E-state index contributed by atoms with van der Waals surface area (Å²) in [6.45, 7) is 3.66. The maximum absolute atomic E-state index is 11.1. The van der Waals surface area contributed by atoms with Gasteiger partial charge in [0.15, 0.2) is 0 Å². The van der Waals surface area contributed by atoms with Gasteiger partial charge in [0, 0.05) is 6.54 Å². The van der Waals surface area contributed by atoms with Crippen LogP contribution >= 0.6 is 0 Å². The molecule has 21 heavy (non-hydrogen) atoms. The molecule has 3 heteroatoms. The lowest BCUT2D eigenvalue weighted by molar-refractivity contribution is 0.0695. The predicted octanol–water partition coefficient (Wildman–Crippen LogP) is 3.67. The van der Waals surface area contributed by atoms with Gasteiger partial charge in [0.25, 0.3) is 0 Å². The number of carbonyl (C=O) groups is 1. The molecule has 2 rings (SSSR count). The van der Waals surface area contributed by atoms with Gasteiger partial charge in [0.2, 0.25) is 0 Å². The summed E-state index contributed by atoms with van der Waals surface area (Å²) in [5.41, 5.74) is 2.55. The molecule has 0 aromatic heterocycles. The van der Waals surface area contributed by atoms with Crippen LogP contribution in [0.5, 0.6) is 0 Å². The van der Waals surface area contributed by atoms with Gasteiger partial charge in [0.1, 0.15) is 0 Å². The van der Waals surface area contributed by atoms with Crippen molar-refractivity contribution in [2.45, 2.75) is 25.8 Å². The largest absolute Gasteiger partial charge is 0.478 e. The molecule has 0 aliphatic carbocycles. The van der Waals surface area contributed by atoms with E-state index in [1.54, 1.807) is 12.1 Å². The molecule has 0 fully saturated rings. The smallest absolute Gasteiger partial charge is 0.336 e. The SMILES string of the molecule is CC(CCNCc1ccccc1C(=O)O)c1ccccc1. The van der Waals surface area contributed by atoms with Crippen LogP contribution in [0.2, 0.25) is 0 Å². The summed E-state index contributed by atoms with van der Waals surface area (Å²) < 4.78 is 0. The standard InChI is InChI=1S/C18H21NO2/c1-14(15-7-3-2-4-8-15)11-12-19-13-16-9-5-6-10-17(16)18(20)21/h2-10,14,19H,11-13H2,1H3,(H,20,21). The molecule has 2 N–H and O–H groups in total. The molecule has 0 spiro atoms. The molecule has 0 saturated heterocycles. The fraction of sp³-hybridized carbons (Fsp3) is 0.278. The van der Waals surface area contributed by atoms with Gasteiger partial charge < -0.3 is 10.4 Å². The first-order chi connectivity index (χ1) is 10.2. The minimum Gasteiger partial charge on any atom is -0.478 e. The molecule has 2 aromatic rings. The van der Waals surface area contributed by atoms with Crippen molar-refractivity contribution in [2.75, 3.05) is 6.54 Å². The Hall–Kier alpha value is -2.13. The van der Waals surface area contributed by atoms with Crippen molar-refractivity contribution in [1.29, 1.82) is 0 Å². The maximum Gasteiger partial charge on any atom is 0.336 e. The predicted molar refractivity (Wildman–Crippen MR) is 84.6 cm³/mol. The Morgan fingerprint density at radius 2 is 1.76 bits per heavy atom. The van der Waals surface area contributed by atoms with E-state index in [1.165, 1.54) is 5.56 Å². The van der Waals surface area contributed by atoms with Crippen molar-refractivity contribution in [3.05, 3.63) is 71.3 Å². The quantitative estimate of drug-likeness (QED) is 0.762. The Bertz CT molecular complexity index is 581. The number of nitrogens with one attached hydrogen (secondary N) is 1. The Labute approximate surface area is 125 Å². The van der Waals surface area contributed by atoms with Crippen LogP contribution in [0.3, 0.4) is 0 Å². The summed E-state index contributed by atoms with van der Waals surface area (Å²) in [6, 6.07) is 17.6. The van der Waals surface area contributed by atoms with E-state index in [-0.39, 0.29) is 0 Å². The molecule has 1 unspecified atom stereocenters. The van der Waals surface area contributed by atoms with Gasteiger partial charge in [0.05, 0.1) is 5.56 Å². The number of rotatable bonds is 7. The monoisotopic (exact) mass is 283 g/mol. The highest BCUT2D eigenvalue weighted by atomic mass is 16.4.